The molecule has 2 fully saturated rings. The lowest BCUT2D eigenvalue weighted by Crippen LogP contribution is -2.53. The molecular weight excluding hydrogens is 225 g/mol. The van der Waals surface area contributed by atoms with Crippen LogP contribution in [0.25, 0.3) is 0 Å². The molecule has 0 aromatic carbocycles. The number of carbonyl (C=O) groups excluding carboxylic acids is 1. The molecule has 1 amide bonds. The van der Waals surface area contributed by atoms with Gasteiger partial charge in [-0.05, 0) is 19.8 Å². The predicted molar refractivity (Wildman–Crippen MR) is 61.0 cm³/mol. The Morgan fingerprint density at radius 3 is 2.76 bits per heavy atom. The van der Waals surface area contributed by atoms with Crippen LogP contribution in [0.15, 0.2) is 0 Å². The van der Waals surface area contributed by atoms with Gasteiger partial charge in [-0.1, -0.05) is 0 Å². The zero-order chi connectivity index (χ0) is 12.4. The van der Waals surface area contributed by atoms with Gasteiger partial charge >= 0.3 is 0 Å². The second kappa shape index (κ2) is 5.29. The number of rotatable bonds is 2. The molecule has 0 spiro atoms. The highest BCUT2D eigenvalue weighted by Crippen LogP contribution is 2.18. The fraction of sp³-hybridized carbons (Fsp3) is 0.909. The van der Waals surface area contributed by atoms with Gasteiger partial charge in [-0.15, -0.1) is 0 Å². The summed E-state index contributed by atoms with van der Waals surface area (Å²) in [5.74, 6) is -0.0148. The first kappa shape index (κ1) is 12.7. The minimum atomic E-state index is -1.08. The van der Waals surface area contributed by atoms with E-state index in [-0.39, 0.29) is 30.6 Å². The Morgan fingerprint density at radius 2 is 2.24 bits per heavy atom. The number of hydrazine groups is 1. The molecule has 2 heterocycles. The first-order valence-corrected chi connectivity index (χ1v) is 6.08. The largest absolute Gasteiger partial charge is 0.378 e. The molecular formula is C11H20FN3O2. The van der Waals surface area contributed by atoms with Gasteiger partial charge in [0.15, 0.2) is 0 Å². The van der Waals surface area contributed by atoms with Gasteiger partial charge in [0, 0.05) is 19.7 Å². The highest BCUT2D eigenvalue weighted by molar-refractivity contribution is 5.82. The van der Waals surface area contributed by atoms with Crippen molar-refractivity contribution >= 4 is 5.91 Å². The molecule has 2 N–H and O–H groups in total. The number of alkyl halides is 1. The van der Waals surface area contributed by atoms with E-state index in [1.807, 2.05) is 6.92 Å². The van der Waals surface area contributed by atoms with Gasteiger partial charge in [0.2, 0.25) is 5.91 Å². The topological polar surface area (TPSA) is 53.6 Å². The lowest BCUT2D eigenvalue weighted by atomic mass is 10.0. The van der Waals surface area contributed by atoms with E-state index in [2.05, 4.69) is 10.9 Å². The number of ether oxygens (including phenoxy) is 1. The normalized spacial score (nSPS) is 38.4. The van der Waals surface area contributed by atoms with Gasteiger partial charge in [-0.2, -0.15) is 0 Å². The van der Waals surface area contributed by atoms with Crippen molar-refractivity contribution in [3.8, 4) is 0 Å². The van der Waals surface area contributed by atoms with Crippen molar-refractivity contribution in [2.75, 3.05) is 20.2 Å². The maximum Gasteiger partial charge on any atom is 0.241 e. The number of hydrogen-bond donors (Lipinski definition) is 2. The Kier molecular flexibility index (Phi) is 3.96. The number of carbonyl (C=O) groups is 1. The molecule has 0 saturated carbocycles. The van der Waals surface area contributed by atoms with Gasteiger partial charge in [-0.3, -0.25) is 10.2 Å². The number of halogens is 1. The molecule has 17 heavy (non-hydrogen) atoms. The Morgan fingerprint density at radius 1 is 1.47 bits per heavy atom. The van der Waals surface area contributed by atoms with Crippen LogP contribution in [0, 0.1) is 0 Å². The molecule has 0 aliphatic carbocycles. The number of likely N-dealkylation sites (tertiary alicyclic amines) is 1. The van der Waals surface area contributed by atoms with Gasteiger partial charge in [-0.25, -0.2) is 9.82 Å². The maximum atomic E-state index is 13.7. The fourth-order valence-corrected chi connectivity index (χ4v) is 2.45. The molecule has 0 aromatic heterocycles. The van der Waals surface area contributed by atoms with Crippen molar-refractivity contribution in [2.45, 2.75) is 44.1 Å². The van der Waals surface area contributed by atoms with Crippen molar-refractivity contribution < 1.29 is 13.9 Å². The molecule has 2 aliphatic rings. The summed E-state index contributed by atoms with van der Waals surface area (Å²) < 4.78 is 18.7. The number of nitrogens with zero attached hydrogens (tertiary/aromatic N) is 1. The molecule has 4 atom stereocenters. The van der Waals surface area contributed by atoms with Crippen molar-refractivity contribution in [1.82, 2.24) is 15.8 Å². The second-order valence-electron chi connectivity index (χ2n) is 4.84. The Hall–Kier alpha value is -0.720. The molecule has 2 unspecified atom stereocenters. The number of nitrogens with one attached hydrogen (secondary N) is 2. The van der Waals surface area contributed by atoms with Crippen molar-refractivity contribution in [3.05, 3.63) is 0 Å². The Bertz CT molecular complexity index is 290. The summed E-state index contributed by atoms with van der Waals surface area (Å²) in [6, 6.07) is 0.0536. The quantitative estimate of drug-likeness (QED) is 0.709. The van der Waals surface area contributed by atoms with Gasteiger partial charge in [0.05, 0.1) is 12.6 Å². The predicted octanol–water partition coefficient (Wildman–Crippen LogP) is -0.173. The molecule has 0 bridgehead atoms. The number of hydrogen-bond acceptors (Lipinski definition) is 4. The van der Waals surface area contributed by atoms with E-state index < -0.39 is 6.17 Å². The van der Waals surface area contributed by atoms with Crippen molar-refractivity contribution in [2.24, 2.45) is 0 Å². The van der Waals surface area contributed by atoms with Crippen LogP contribution in [0.1, 0.15) is 19.8 Å². The molecule has 5 nitrogen and oxygen atoms in total. The van der Waals surface area contributed by atoms with Crippen LogP contribution in [-0.2, 0) is 9.53 Å². The van der Waals surface area contributed by atoms with Crippen LogP contribution in [0.4, 0.5) is 4.39 Å². The van der Waals surface area contributed by atoms with Crippen LogP contribution in [0.5, 0.6) is 0 Å². The monoisotopic (exact) mass is 245 g/mol. The van der Waals surface area contributed by atoms with Gasteiger partial charge < -0.3 is 9.64 Å². The summed E-state index contributed by atoms with van der Waals surface area (Å²) in [6.07, 6.45) is -0.129. The Balaban J connectivity index is 1.89. The first-order chi connectivity index (χ1) is 8.11. The second-order valence-corrected chi connectivity index (χ2v) is 4.84. The lowest BCUT2D eigenvalue weighted by Gasteiger charge is -2.35. The van der Waals surface area contributed by atoms with E-state index in [1.54, 1.807) is 4.90 Å². The van der Waals surface area contributed by atoms with Crippen LogP contribution >= 0.6 is 0 Å². The summed E-state index contributed by atoms with van der Waals surface area (Å²) in [6.45, 7) is 2.73. The summed E-state index contributed by atoms with van der Waals surface area (Å²) in [5.41, 5.74) is 5.95. The number of amides is 1. The summed E-state index contributed by atoms with van der Waals surface area (Å²) >= 11 is 0. The van der Waals surface area contributed by atoms with E-state index in [0.29, 0.717) is 13.0 Å². The average molecular weight is 245 g/mol. The number of piperidine rings is 1. The van der Waals surface area contributed by atoms with Crippen LogP contribution in [0.2, 0.25) is 0 Å². The molecule has 2 rings (SSSR count). The fourth-order valence-electron chi connectivity index (χ4n) is 2.45. The van der Waals surface area contributed by atoms with Crippen LogP contribution in [-0.4, -0.2) is 55.4 Å². The summed E-state index contributed by atoms with van der Waals surface area (Å²) in [7, 11) is 1.51. The molecule has 2 aliphatic heterocycles. The first-order valence-electron chi connectivity index (χ1n) is 6.08. The lowest BCUT2D eigenvalue weighted by molar-refractivity contribution is -0.138. The minimum Gasteiger partial charge on any atom is -0.378 e. The molecule has 2 saturated heterocycles. The molecule has 0 aromatic rings. The van der Waals surface area contributed by atoms with Crippen LogP contribution < -0.4 is 10.9 Å². The van der Waals surface area contributed by atoms with Gasteiger partial charge in [0.1, 0.15) is 12.2 Å². The zero-order valence-electron chi connectivity index (χ0n) is 10.3. The highest BCUT2D eigenvalue weighted by atomic mass is 19.1. The van der Waals surface area contributed by atoms with Crippen molar-refractivity contribution in [3.63, 3.8) is 0 Å². The van der Waals surface area contributed by atoms with Crippen LogP contribution in [0.3, 0.4) is 0 Å². The smallest absolute Gasteiger partial charge is 0.241 e. The zero-order valence-corrected chi connectivity index (χ0v) is 10.3. The maximum absolute atomic E-state index is 13.7. The third-order valence-electron chi connectivity index (χ3n) is 3.49. The average Bonchev–Trinajstić information content (AvgIpc) is 2.75. The third-order valence-corrected chi connectivity index (χ3v) is 3.49. The van der Waals surface area contributed by atoms with Gasteiger partial charge in [0.25, 0.3) is 0 Å². The number of methoxy groups -OCH3 is 1. The molecule has 0 radical (unpaired) electrons. The van der Waals surface area contributed by atoms with Crippen molar-refractivity contribution in [1.29, 1.82) is 0 Å². The third kappa shape index (κ3) is 2.75. The summed E-state index contributed by atoms with van der Waals surface area (Å²) in [4.78, 5) is 13.7. The molecule has 6 heteroatoms. The standard InChI is InChI=1S/C11H20FN3O2/c1-7-5-9(14-13-7)11(16)15-4-3-10(17-2)8(12)6-15/h7-10,13-14H,3-6H2,1-2H3/t7?,8-,9?,10+/m1/s1. The van der Waals surface area contributed by atoms with E-state index in [1.165, 1.54) is 7.11 Å². The van der Waals surface area contributed by atoms with E-state index >= 15 is 0 Å². The summed E-state index contributed by atoms with van der Waals surface area (Å²) in [5, 5.41) is 0. The minimum absolute atomic E-state index is 0.0148. The van der Waals surface area contributed by atoms with E-state index in [9.17, 15) is 9.18 Å². The SMILES string of the molecule is CO[C@H]1CCN(C(=O)C2CC(C)NN2)C[C@H]1F. The molecule has 98 valence electrons. The highest BCUT2D eigenvalue weighted by Gasteiger charge is 2.36. The van der Waals surface area contributed by atoms with E-state index in [0.717, 1.165) is 6.42 Å². The van der Waals surface area contributed by atoms with E-state index in [4.69, 9.17) is 4.74 Å². The Labute approximate surface area is 101 Å².